The van der Waals surface area contributed by atoms with E-state index in [0.717, 1.165) is 11.3 Å². The third kappa shape index (κ3) is 5.74. The highest BCUT2D eigenvalue weighted by Crippen LogP contribution is 2.23. The van der Waals surface area contributed by atoms with E-state index in [4.69, 9.17) is 10.6 Å². The molecule has 0 unspecified atom stereocenters. The molecule has 0 aliphatic rings. The Bertz CT molecular complexity index is 949. The molecule has 0 atom stereocenters. The van der Waals surface area contributed by atoms with Crippen molar-refractivity contribution in [3.05, 3.63) is 66.0 Å². The van der Waals surface area contributed by atoms with Crippen molar-refractivity contribution in [3.8, 4) is 5.75 Å². The fourth-order valence-corrected chi connectivity index (χ4v) is 3.25. The Morgan fingerprint density at radius 3 is 2.41 bits per heavy atom. The van der Waals surface area contributed by atoms with Crippen molar-refractivity contribution in [2.45, 2.75) is 37.9 Å². The maximum atomic E-state index is 12.2. The van der Waals surface area contributed by atoms with Gasteiger partial charge in [0.1, 0.15) is 12.4 Å². The molecule has 7 nitrogen and oxygen atoms in total. The van der Waals surface area contributed by atoms with E-state index in [1.165, 1.54) is 16.4 Å². The number of hydrogen-bond donors (Lipinski definition) is 2. The lowest BCUT2D eigenvalue weighted by molar-refractivity contribution is -0.113. The molecule has 0 spiro atoms. The third-order valence-electron chi connectivity index (χ3n) is 4.05. The van der Waals surface area contributed by atoms with Crippen molar-refractivity contribution < 1.29 is 9.53 Å². The molecule has 0 fully saturated rings. The first kappa shape index (κ1) is 20.7. The van der Waals surface area contributed by atoms with E-state index in [-0.39, 0.29) is 17.1 Å². The zero-order valence-electron chi connectivity index (χ0n) is 16.8. The first-order valence-electron chi connectivity index (χ1n) is 9.23. The standard InChI is InChI=1S/C21H25N5O2S/c1-21(2,3)19-24-25-20(26(19)22)29-14-18(27)23-16-9-11-17(12-10-16)28-13-15-7-5-4-6-8-15/h4-12H,13-14,22H2,1-3H3,(H,23,27). The fraction of sp³-hybridized carbons (Fsp3) is 0.286. The number of carbonyl (C=O) groups is 1. The maximum absolute atomic E-state index is 12.2. The van der Waals surface area contributed by atoms with E-state index in [9.17, 15) is 4.79 Å². The molecule has 1 aromatic heterocycles. The van der Waals surface area contributed by atoms with Crippen LogP contribution in [-0.4, -0.2) is 26.5 Å². The normalized spacial score (nSPS) is 11.3. The molecule has 1 heterocycles. The first-order valence-corrected chi connectivity index (χ1v) is 10.2. The number of hydrogen-bond acceptors (Lipinski definition) is 6. The summed E-state index contributed by atoms with van der Waals surface area (Å²) >= 11 is 1.25. The van der Waals surface area contributed by atoms with E-state index < -0.39 is 0 Å². The van der Waals surface area contributed by atoms with Crippen LogP contribution in [0.2, 0.25) is 0 Å². The van der Waals surface area contributed by atoms with E-state index in [1.807, 2.05) is 75.4 Å². The van der Waals surface area contributed by atoms with Crippen LogP contribution in [-0.2, 0) is 16.8 Å². The number of amides is 1. The lowest BCUT2D eigenvalue weighted by Gasteiger charge is -2.16. The third-order valence-corrected chi connectivity index (χ3v) is 5.00. The number of thioether (sulfide) groups is 1. The van der Waals surface area contributed by atoms with Crippen LogP contribution in [0.1, 0.15) is 32.2 Å². The highest BCUT2D eigenvalue weighted by molar-refractivity contribution is 7.99. The summed E-state index contributed by atoms with van der Waals surface area (Å²) in [6.07, 6.45) is 0. The van der Waals surface area contributed by atoms with E-state index in [0.29, 0.717) is 23.3 Å². The Balaban J connectivity index is 1.49. The lowest BCUT2D eigenvalue weighted by atomic mass is 9.96. The number of rotatable bonds is 7. The molecular weight excluding hydrogens is 386 g/mol. The summed E-state index contributed by atoms with van der Waals surface area (Å²) in [5.74, 6) is 7.50. The van der Waals surface area contributed by atoms with Gasteiger partial charge >= 0.3 is 0 Å². The predicted octanol–water partition coefficient (Wildman–Crippen LogP) is 3.60. The molecule has 0 bridgehead atoms. The van der Waals surface area contributed by atoms with Crippen LogP contribution >= 0.6 is 11.8 Å². The van der Waals surface area contributed by atoms with Gasteiger partial charge in [-0.25, -0.2) is 4.68 Å². The first-order chi connectivity index (χ1) is 13.8. The molecule has 0 saturated carbocycles. The van der Waals surface area contributed by atoms with Gasteiger partial charge in [-0.2, -0.15) is 0 Å². The summed E-state index contributed by atoms with van der Waals surface area (Å²) in [7, 11) is 0. The molecule has 0 aliphatic heterocycles. The monoisotopic (exact) mass is 411 g/mol. The number of nitrogens with two attached hydrogens (primary N) is 1. The highest BCUT2D eigenvalue weighted by atomic mass is 32.2. The molecule has 2 aromatic carbocycles. The second-order valence-electron chi connectivity index (χ2n) is 7.56. The molecule has 152 valence electrons. The lowest BCUT2D eigenvalue weighted by Crippen LogP contribution is -2.24. The van der Waals surface area contributed by atoms with Gasteiger partial charge in [0.25, 0.3) is 0 Å². The smallest absolute Gasteiger partial charge is 0.234 e. The molecule has 0 aliphatic carbocycles. The molecule has 3 rings (SSSR count). The van der Waals surface area contributed by atoms with Crippen LogP contribution in [0.15, 0.2) is 59.8 Å². The fourth-order valence-electron chi connectivity index (χ4n) is 2.59. The van der Waals surface area contributed by atoms with Crippen molar-refractivity contribution in [1.82, 2.24) is 14.9 Å². The Morgan fingerprint density at radius 1 is 1.10 bits per heavy atom. The molecule has 1 amide bonds. The summed E-state index contributed by atoms with van der Waals surface area (Å²) in [6, 6.07) is 17.2. The summed E-state index contributed by atoms with van der Waals surface area (Å²) in [6.45, 7) is 6.53. The molecular formula is C21H25N5O2S. The molecule has 0 radical (unpaired) electrons. The van der Waals surface area contributed by atoms with Gasteiger partial charge in [0, 0.05) is 11.1 Å². The van der Waals surface area contributed by atoms with Gasteiger partial charge in [-0.1, -0.05) is 62.9 Å². The summed E-state index contributed by atoms with van der Waals surface area (Å²) in [5.41, 5.74) is 1.59. The molecule has 29 heavy (non-hydrogen) atoms. The Hall–Kier alpha value is -3.00. The minimum absolute atomic E-state index is 0.145. The van der Waals surface area contributed by atoms with Gasteiger partial charge in [0.15, 0.2) is 5.82 Å². The van der Waals surface area contributed by atoms with Crippen molar-refractivity contribution in [2.24, 2.45) is 0 Å². The Morgan fingerprint density at radius 2 is 1.79 bits per heavy atom. The van der Waals surface area contributed by atoms with Gasteiger partial charge in [0.05, 0.1) is 5.75 Å². The number of ether oxygens (including phenoxy) is 1. The number of nitrogens with zero attached hydrogens (tertiary/aromatic N) is 3. The topological polar surface area (TPSA) is 95.1 Å². The van der Waals surface area contributed by atoms with Gasteiger partial charge in [0.2, 0.25) is 11.1 Å². The molecule has 3 N–H and O–H groups in total. The second kappa shape index (κ2) is 9.00. The van der Waals surface area contributed by atoms with Crippen LogP contribution in [0.3, 0.4) is 0 Å². The zero-order chi connectivity index (χ0) is 20.9. The van der Waals surface area contributed by atoms with Crippen molar-refractivity contribution in [2.75, 3.05) is 16.9 Å². The van der Waals surface area contributed by atoms with Crippen LogP contribution in [0.25, 0.3) is 0 Å². The Labute approximate surface area is 174 Å². The number of benzene rings is 2. The minimum atomic E-state index is -0.215. The van der Waals surface area contributed by atoms with Crippen molar-refractivity contribution in [3.63, 3.8) is 0 Å². The number of aromatic nitrogens is 3. The van der Waals surface area contributed by atoms with Crippen LogP contribution in [0, 0.1) is 0 Å². The molecule has 8 heteroatoms. The number of anilines is 1. The number of nitrogens with one attached hydrogen (secondary N) is 1. The van der Waals surface area contributed by atoms with Gasteiger partial charge in [-0.3, -0.25) is 4.79 Å². The van der Waals surface area contributed by atoms with Gasteiger partial charge in [-0.15, -0.1) is 10.2 Å². The number of nitrogen functional groups attached to an aromatic ring is 1. The summed E-state index contributed by atoms with van der Waals surface area (Å²) < 4.78 is 7.19. The maximum Gasteiger partial charge on any atom is 0.234 e. The summed E-state index contributed by atoms with van der Waals surface area (Å²) in [5, 5.41) is 11.6. The minimum Gasteiger partial charge on any atom is -0.489 e. The van der Waals surface area contributed by atoms with Gasteiger partial charge < -0.3 is 15.9 Å². The van der Waals surface area contributed by atoms with E-state index in [2.05, 4.69) is 15.5 Å². The SMILES string of the molecule is CC(C)(C)c1nnc(SCC(=O)Nc2ccc(OCc3ccccc3)cc2)n1N. The van der Waals surface area contributed by atoms with Crippen LogP contribution in [0.4, 0.5) is 5.69 Å². The quantitative estimate of drug-likeness (QED) is 0.456. The van der Waals surface area contributed by atoms with Crippen molar-refractivity contribution >= 4 is 23.4 Å². The second-order valence-corrected chi connectivity index (χ2v) is 8.50. The number of carbonyl (C=O) groups excluding carboxylic acids is 1. The largest absolute Gasteiger partial charge is 0.489 e. The van der Waals surface area contributed by atoms with Crippen molar-refractivity contribution in [1.29, 1.82) is 0 Å². The van der Waals surface area contributed by atoms with Crippen LogP contribution in [0.5, 0.6) is 5.75 Å². The van der Waals surface area contributed by atoms with E-state index in [1.54, 1.807) is 0 Å². The average Bonchev–Trinajstić information content (AvgIpc) is 3.07. The average molecular weight is 412 g/mol. The van der Waals surface area contributed by atoms with Crippen LogP contribution < -0.4 is 15.9 Å². The molecule has 3 aromatic rings. The molecule has 0 saturated heterocycles. The predicted molar refractivity (Wildman–Crippen MR) is 115 cm³/mol. The Kier molecular flexibility index (Phi) is 6.43. The summed E-state index contributed by atoms with van der Waals surface area (Å²) in [4.78, 5) is 12.2. The highest BCUT2D eigenvalue weighted by Gasteiger charge is 2.23. The zero-order valence-corrected chi connectivity index (χ0v) is 17.6. The van der Waals surface area contributed by atoms with E-state index >= 15 is 0 Å². The van der Waals surface area contributed by atoms with Gasteiger partial charge in [-0.05, 0) is 29.8 Å².